The van der Waals surface area contributed by atoms with Crippen molar-refractivity contribution in [1.82, 2.24) is 4.98 Å². The SMILES string of the molecule is Nc1ccc(C(=O)O)nc1OCCc1cccs1. The average Bonchev–Trinajstić information content (AvgIpc) is 2.84. The molecule has 0 unspecified atom stereocenters. The standard InChI is InChI=1S/C12H12N2O3S/c13-9-3-4-10(12(15)16)14-11(9)17-6-5-8-2-1-7-18-8/h1-4,7H,5-6,13H2,(H,15,16). The number of nitrogens with two attached hydrogens (primary N) is 1. The van der Waals surface area contributed by atoms with Crippen LogP contribution in [0.4, 0.5) is 5.69 Å². The van der Waals surface area contributed by atoms with Gasteiger partial charge in [0.2, 0.25) is 5.88 Å². The van der Waals surface area contributed by atoms with Crippen LogP contribution in [0.3, 0.4) is 0 Å². The predicted octanol–water partition coefficient (Wildman–Crippen LogP) is 2.04. The summed E-state index contributed by atoms with van der Waals surface area (Å²) in [6.07, 6.45) is 0.746. The first-order valence-electron chi connectivity index (χ1n) is 5.32. The molecule has 3 N–H and O–H groups in total. The van der Waals surface area contributed by atoms with Crippen LogP contribution in [0.5, 0.6) is 5.88 Å². The molecule has 0 bridgehead atoms. The van der Waals surface area contributed by atoms with Crippen LogP contribution < -0.4 is 10.5 Å². The number of ether oxygens (including phenoxy) is 1. The molecule has 0 saturated heterocycles. The molecule has 0 aliphatic rings. The Balaban J connectivity index is 2.00. The van der Waals surface area contributed by atoms with Gasteiger partial charge in [0.15, 0.2) is 5.69 Å². The summed E-state index contributed by atoms with van der Waals surface area (Å²) in [6.45, 7) is 0.417. The van der Waals surface area contributed by atoms with Crippen LogP contribution >= 0.6 is 11.3 Å². The van der Waals surface area contributed by atoms with Gasteiger partial charge in [-0.2, -0.15) is 0 Å². The Morgan fingerprint density at radius 1 is 1.44 bits per heavy atom. The van der Waals surface area contributed by atoms with E-state index in [1.807, 2.05) is 17.5 Å². The third kappa shape index (κ3) is 2.98. The van der Waals surface area contributed by atoms with Crippen LogP contribution in [0, 0.1) is 0 Å². The summed E-state index contributed by atoms with van der Waals surface area (Å²) in [6, 6.07) is 6.82. The maximum absolute atomic E-state index is 10.8. The van der Waals surface area contributed by atoms with Crippen LogP contribution in [0.2, 0.25) is 0 Å². The third-order valence-corrected chi connectivity index (χ3v) is 3.21. The molecule has 0 amide bonds. The number of nitrogen functional groups attached to an aromatic ring is 1. The van der Waals surface area contributed by atoms with Gasteiger partial charge in [-0.25, -0.2) is 9.78 Å². The largest absolute Gasteiger partial charge is 0.477 e. The van der Waals surface area contributed by atoms with E-state index in [2.05, 4.69) is 4.98 Å². The van der Waals surface area contributed by atoms with Gasteiger partial charge in [0, 0.05) is 11.3 Å². The summed E-state index contributed by atoms with van der Waals surface area (Å²) in [7, 11) is 0. The van der Waals surface area contributed by atoms with E-state index in [9.17, 15) is 4.79 Å². The molecule has 2 aromatic heterocycles. The highest BCUT2D eigenvalue weighted by atomic mass is 32.1. The summed E-state index contributed by atoms with van der Waals surface area (Å²) >= 11 is 1.64. The fraction of sp³-hybridized carbons (Fsp3) is 0.167. The van der Waals surface area contributed by atoms with Crippen molar-refractivity contribution in [3.8, 4) is 5.88 Å². The number of carboxylic acids is 1. The minimum atomic E-state index is -1.10. The number of aromatic carboxylic acids is 1. The van der Waals surface area contributed by atoms with Crippen molar-refractivity contribution in [2.24, 2.45) is 0 Å². The van der Waals surface area contributed by atoms with Gasteiger partial charge < -0.3 is 15.6 Å². The van der Waals surface area contributed by atoms with Gasteiger partial charge in [-0.15, -0.1) is 11.3 Å². The number of anilines is 1. The number of hydrogen-bond acceptors (Lipinski definition) is 5. The molecule has 0 aliphatic heterocycles. The molecular formula is C12H12N2O3S. The highest BCUT2D eigenvalue weighted by Gasteiger charge is 2.09. The van der Waals surface area contributed by atoms with Crippen molar-refractivity contribution in [2.75, 3.05) is 12.3 Å². The molecule has 5 nitrogen and oxygen atoms in total. The number of nitrogens with zero attached hydrogens (tertiary/aromatic N) is 1. The number of carboxylic acid groups (broad SMARTS) is 1. The molecule has 0 radical (unpaired) electrons. The Morgan fingerprint density at radius 2 is 2.28 bits per heavy atom. The van der Waals surface area contributed by atoms with Gasteiger partial charge in [0.1, 0.15) is 0 Å². The van der Waals surface area contributed by atoms with E-state index in [4.69, 9.17) is 15.6 Å². The van der Waals surface area contributed by atoms with Crippen LogP contribution in [0.25, 0.3) is 0 Å². The smallest absolute Gasteiger partial charge is 0.354 e. The molecule has 2 aromatic rings. The topological polar surface area (TPSA) is 85.4 Å². The predicted molar refractivity (Wildman–Crippen MR) is 69.1 cm³/mol. The van der Waals surface area contributed by atoms with E-state index in [0.717, 1.165) is 6.42 Å². The monoisotopic (exact) mass is 264 g/mol. The first-order chi connectivity index (χ1) is 8.66. The zero-order valence-electron chi connectivity index (χ0n) is 9.50. The summed E-state index contributed by atoms with van der Waals surface area (Å²) in [5.74, 6) is -0.926. The summed E-state index contributed by atoms with van der Waals surface area (Å²) in [5, 5.41) is 10.8. The number of hydrogen-bond donors (Lipinski definition) is 2. The second-order valence-electron chi connectivity index (χ2n) is 3.57. The molecule has 18 heavy (non-hydrogen) atoms. The molecule has 0 saturated carbocycles. The molecule has 94 valence electrons. The van der Waals surface area contributed by atoms with Crippen molar-refractivity contribution in [2.45, 2.75) is 6.42 Å². The number of carbonyl (C=O) groups is 1. The minimum Gasteiger partial charge on any atom is -0.477 e. The minimum absolute atomic E-state index is 0.0738. The summed E-state index contributed by atoms with van der Waals surface area (Å²) in [5.41, 5.74) is 5.94. The normalized spacial score (nSPS) is 10.2. The van der Waals surface area contributed by atoms with E-state index in [1.165, 1.54) is 17.0 Å². The van der Waals surface area contributed by atoms with E-state index in [-0.39, 0.29) is 11.6 Å². The molecule has 0 spiro atoms. The second-order valence-corrected chi connectivity index (χ2v) is 4.61. The van der Waals surface area contributed by atoms with Gasteiger partial charge in [-0.3, -0.25) is 0 Å². The lowest BCUT2D eigenvalue weighted by atomic mass is 10.3. The number of rotatable bonds is 5. The Hall–Kier alpha value is -2.08. The lowest BCUT2D eigenvalue weighted by molar-refractivity contribution is 0.0689. The van der Waals surface area contributed by atoms with Gasteiger partial charge in [0.25, 0.3) is 0 Å². The maximum atomic E-state index is 10.8. The molecule has 2 heterocycles. The van der Waals surface area contributed by atoms with E-state index in [1.54, 1.807) is 11.3 Å². The van der Waals surface area contributed by atoms with Crippen molar-refractivity contribution >= 4 is 23.0 Å². The van der Waals surface area contributed by atoms with Crippen molar-refractivity contribution < 1.29 is 14.6 Å². The zero-order chi connectivity index (χ0) is 13.0. The molecular weight excluding hydrogens is 252 g/mol. The second kappa shape index (κ2) is 5.50. The Labute approximate surface area is 108 Å². The van der Waals surface area contributed by atoms with Crippen LogP contribution in [-0.2, 0) is 6.42 Å². The summed E-state index contributed by atoms with van der Waals surface area (Å²) in [4.78, 5) is 15.8. The van der Waals surface area contributed by atoms with E-state index < -0.39 is 5.97 Å². The van der Waals surface area contributed by atoms with Crippen molar-refractivity contribution in [1.29, 1.82) is 0 Å². The quantitative estimate of drug-likeness (QED) is 0.863. The van der Waals surface area contributed by atoms with Gasteiger partial charge in [0.05, 0.1) is 12.3 Å². The van der Waals surface area contributed by atoms with E-state index >= 15 is 0 Å². The van der Waals surface area contributed by atoms with Crippen LogP contribution in [0.1, 0.15) is 15.4 Å². The molecule has 2 rings (SSSR count). The average molecular weight is 264 g/mol. The maximum Gasteiger partial charge on any atom is 0.354 e. The third-order valence-electron chi connectivity index (χ3n) is 2.28. The van der Waals surface area contributed by atoms with E-state index in [0.29, 0.717) is 12.3 Å². The van der Waals surface area contributed by atoms with Gasteiger partial charge in [-0.1, -0.05) is 6.07 Å². The van der Waals surface area contributed by atoms with Crippen LogP contribution in [0.15, 0.2) is 29.6 Å². The first kappa shape index (κ1) is 12.4. The fourth-order valence-corrected chi connectivity index (χ4v) is 2.08. The molecule has 0 atom stereocenters. The van der Waals surface area contributed by atoms with Gasteiger partial charge in [-0.05, 0) is 23.6 Å². The lowest BCUT2D eigenvalue weighted by Crippen LogP contribution is -2.07. The Bertz CT molecular complexity index is 540. The Morgan fingerprint density at radius 3 is 2.94 bits per heavy atom. The van der Waals surface area contributed by atoms with Crippen molar-refractivity contribution in [3.05, 3.63) is 40.2 Å². The fourth-order valence-electron chi connectivity index (χ4n) is 1.39. The molecule has 0 aliphatic carbocycles. The van der Waals surface area contributed by atoms with Crippen molar-refractivity contribution in [3.63, 3.8) is 0 Å². The highest BCUT2D eigenvalue weighted by molar-refractivity contribution is 7.09. The number of pyridine rings is 1. The molecule has 0 fully saturated rings. The highest BCUT2D eigenvalue weighted by Crippen LogP contribution is 2.19. The number of aromatic nitrogens is 1. The molecule has 0 aromatic carbocycles. The Kier molecular flexibility index (Phi) is 3.78. The summed E-state index contributed by atoms with van der Waals surface area (Å²) < 4.78 is 5.41. The first-order valence-corrected chi connectivity index (χ1v) is 6.20. The van der Waals surface area contributed by atoms with Crippen LogP contribution in [-0.4, -0.2) is 22.7 Å². The lowest BCUT2D eigenvalue weighted by Gasteiger charge is -2.07. The molecule has 6 heteroatoms. The number of thiophene rings is 1. The zero-order valence-corrected chi connectivity index (χ0v) is 10.3. The van der Waals surface area contributed by atoms with Gasteiger partial charge >= 0.3 is 5.97 Å².